The monoisotopic (exact) mass is 563 g/mol. The Morgan fingerprint density at radius 3 is 2.53 bits per heavy atom. The molecule has 6 nitrogen and oxygen atoms in total. The summed E-state index contributed by atoms with van der Waals surface area (Å²) in [5.74, 6) is 0.824. The number of halogens is 2. The van der Waals surface area contributed by atoms with Crippen LogP contribution in [0.5, 0.6) is 0 Å². The number of guanidine groups is 1. The second-order valence-corrected chi connectivity index (χ2v) is 8.76. The minimum absolute atomic E-state index is 0. The van der Waals surface area contributed by atoms with E-state index in [1.807, 2.05) is 26.0 Å². The number of ether oxygens (including phenoxy) is 1. The molecule has 9 heteroatoms. The van der Waals surface area contributed by atoms with Crippen molar-refractivity contribution in [1.82, 2.24) is 20.5 Å². The molecule has 1 aliphatic heterocycles. The van der Waals surface area contributed by atoms with Crippen LogP contribution in [0.15, 0.2) is 29.3 Å². The van der Waals surface area contributed by atoms with Gasteiger partial charge in [-0.1, -0.05) is 23.7 Å². The SMILES string of the molecule is CCNC(=NCc1sc(C)nc1C)NCC(c1ccc(Cl)cc1)N1CCOCC1.I. The van der Waals surface area contributed by atoms with E-state index in [1.165, 1.54) is 10.4 Å². The van der Waals surface area contributed by atoms with Crippen molar-refractivity contribution in [1.29, 1.82) is 0 Å². The van der Waals surface area contributed by atoms with Gasteiger partial charge in [-0.2, -0.15) is 0 Å². The van der Waals surface area contributed by atoms with Crippen molar-refractivity contribution >= 4 is 52.9 Å². The molecule has 0 bridgehead atoms. The van der Waals surface area contributed by atoms with E-state index in [4.69, 9.17) is 21.3 Å². The maximum absolute atomic E-state index is 6.10. The molecule has 1 aromatic heterocycles. The first-order valence-corrected chi connectivity index (χ1v) is 11.3. The van der Waals surface area contributed by atoms with Crippen LogP contribution in [0.2, 0.25) is 5.02 Å². The lowest BCUT2D eigenvalue weighted by Crippen LogP contribution is -2.46. The summed E-state index contributed by atoms with van der Waals surface area (Å²) < 4.78 is 5.55. The van der Waals surface area contributed by atoms with Crippen molar-refractivity contribution in [2.45, 2.75) is 33.4 Å². The third-order valence-corrected chi connectivity index (χ3v) is 6.24. The number of morpholine rings is 1. The zero-order valence-corrected chi connectivity index (χ0v) is 21.7. The van der Waals surface area contributed by atoms with Crippen molar-refractivity contribution in [2.75, 3.05) is 39.4 Å². The van der Waals surface area contributed by atoms with Crippen LogP contribution >= 0.6 is 46.9 Å². The van der Waals surface area contributed by atoms with Crippen LogP contribution in [0.25, 0.3) is 0 Å². The van der Waals surface area contributed by atoms with Crippen LogP contribution in [0.1, 0.15) is 34.1 Å². The summed E-state index contributed by atoms with van der Waals surface area (Å²) in [5.41, 5.74) is 2.31. The molecule has 30 heavy (non-hydrogen) atoms. The van der Waals surface area contributed by atoms with Crippen LogP contribution < -0.4 is 10.6 Å². The summed E-state index contributed by atoms with van der Waals surface area (Å²) in [6.07, 6.45) is 0. The normalized spacial score (nSPS) is 16.1. The Balaban J connectivity index is 0.00000320. The minimum Gasteiger partial charge on any atom is -0.379 e. The maximum atomic E-state index is 6.10. The highest BCUT2D eigenvalue weighted by atomic mass is 127. The molecule has 1 aromatic carbocycles. The standard InChI is InChI=1S/C21H30ClN5OS.HI/c1-4-23-21(25-14-20-15(2)26-16(3)29-20)24-13-19(27-9-11-28-12-10-27)17-5-7-18(22)8-6-17;/h5-8,19H,4,9-14H2,1-3H3,(H2,23,24,25);1H. The summed E-state index contributed by atoms with van der Waals surface area (Å²) in [5, 5.41) is 8.73. The van der Waals surface area contributed by atoms with Crippen LogP contribution in [-0.2, 0) is 11.3 Å². The second kappa shape index (κ2) is 12.8. The summed E-state index contributed by atoms with van der Waals surface area (Å²) in [4.78, 5) is 12.9. The molecule has 0 aliphatic carbocycles. The van der Waals surface area contributed by atoms with Gasteiger partial charge in [0.05, 0.1) is 36.5 Å². The van der Waals surface area contributed by atoms with E-state index < -0.39 is 0 Å². The molecule has 1 fully saturated rings. The van der Waals surface area contributed by atoms with E-state index in [-0.39, 0.29) is 30.0 Å². The van der Waals surface area contributed by atoms with E-state index in [0.29, 0.717) is 6.54 Å². The molecule has 3 rings (SSSR count). The van der Waals surface area contributed by atoms with E-state index in [9.17, 15) is 0 Å². The molecule has 1 atom stereocenters. The highest BCUT2D eigenvalue weighted by Gasteiger charge is 2.23. The minimum atomic E-state index is 0. The van der Waals surface area contributed by atoms with Gasteiger partial charge in [0.25, 0.3) is 0 Å². The van der Waals surface area contributed by atoms with Crippen molar-refractivity contribution in [2.24, 2.45) is 4.99 Å². The molecule has 1 unspecified atom stereocenters. The molecule has 2 aromatic rings. The van der Waals surface area contributed by atoms with Crippen LogP contribution in [0.3, 0.4) is 0 Å². The molecule has 0 spiro atoms. The Bertz CT molecular complexity index is 808. The lowest BCUT2D eigenvalue weighted by atomic mass is 10.0. The van der Waals surface area contributed by atoms with E-state index >= 15 is 0 Å². The Morgan fingerprint density at radius 1 is 1.23 bits per heavy atom. The first-order valence-electron chi connectivity index (χ1n) is 10.1. The van der Waals surface area contributed by atoms with Gasteiger partial charge in [-0.15, -0.1) is 35.3 Å². The molecule has 0 amide bonds. The Morgan fingerprint density at radius 2 is 1.93 bits per heavy atom. The molecular formula is C21H31ClIN5OS. The van der Waals surface area contributed by atoms with Crippen LogP contribution in [0.4, 0.5) is 0 Å². The number of aryl methyl sites for hydroxylation is 2. The smallest absolute Gasteiger partial charge is 0.191 e. The van der Waals surface area contributed by atoms with Gasteiger partial charge in [0.15, 0.2) is 5.96 Å². The Kier molecular flexibility index (Phi) is 10.8. The highest BCUT2D eigenvalue weighted by molar-refractivity contribution is 14.0. The zero-order valence-electron chi connectivity index (χ0n) is 17.8. The fraction of sp³-hybridized carbons (Fsp3) is 0.524. The third kappa shape index (κ3) is 7.33. The predicted molar refractivity (Wildman–Crippen MR) is 136 cm³/mol. The average Bonchev–Trinajstić information content (AvgIpc) is 3.05. The van der Waals surface area contributed by atoms with E-state index in [1.54, 1.807) is 11.3 Å². The first kappa shape index (κ1) is 25.3. The second-order valence-electron chi connectivity index (χ2n) is 7.03. The number of aliphatic imine (C=N–C) groups is 1. The number of nitrogens with one attached hydrogen (secondary N) is 2. The zero-order chi connectivity index (χ0) is 20.6. The molecule has 1 aliphatic rings. The van der Waals surface area contributed by atoms with Gasteiger partial charge in [-0.3, -0.25) is 4.90 Å². The van der Waals surface area contributed by atoms with Gasteiger partial charge >= 0.3 is 0 Å². The van der Waals surface area contributed by atoms with Crippen molar-refractivity contribution in [3.05, 3.63) is 50.4 Å². The number of rotatable bonds is 7. The molecule has 166 valence electrons. The maximum Gasteiger partial charge on any atom is 0.191 e. The largest absolute Gasteiger partial charge is 0.379 e. The van der Waals surface area contributed by atoms with Gasteiger partial charge in [-0.25, -0.2) is 9.98 Å². The first-order chi connectivity index (χ1) is 14.1. The Labute approximate surface area is 205 Å². The quantitative estimate of drug-likeness (QED) is 0.301. The number of hydrogen-bond acceptors (Lipinski definition) is 5. The van der Waals surface area contributed by atoms with Gasteiger partial charge in [0.2, 0.25) is 0 Å². The van der Waals surface area contributed by atoms with Crippen molar-refractivity contribution in [3.63, 3.8) is 0 Å². The fourth-order valence-corrected chi connectivity index (χ4v) is 4.43. The summed E-state index contributed by atoms with van der Waals surface area (Å²) in [6, 6.07) is 8.36. The van der Waals surface area contributed by atoms with Crippen molar-refractivity contribution in [3.8, 4) is 0 Å². The number of benzene rings is 1. The highest BCUT2D eigenvalue weighted by Crippen LogP contribution is 2.23. The third-order valence-electron chi connectivity index (χ3n) is 4.93. The van der Waals surface area contributed by atoms with Gasteiger partial charge in [0.1, 0.15) is 0 Å². The number of hydrogen-bond donors (Lipinski definition) is 2. The van der Waals surface area contributed by atoms with Gasteiger partial charge in [0, 0.05) is 36.1 Å². The molecule has 1 saturated heterocycles. The molecular weight excluding hydrogens is 533 g/mol. The van der Waals surface area contributed by atoms with Crippen molar-refractivity contribution < 1.29 is 4.74 Å². The molecule has 0 radical (unpaired) electrons. The van der Waals surface area contributed by atoms with Gasteiger partial charge in [-0.05, 0) is 38.5 Å². The topological polar surface area (TPSA) is 61.8 Å². The summed E-state index contributed by atoms with van der Waals surface area (Å²) >= 11 is 7.81. The van der Waals surface area contributed by atoms with Gasteiger partial charge < -0.3 is 15.4 Å². The lowest BCUT2D eigenvalue weighted by Gasteiger charge is -2.35. The van der Waals surface area contributed by atoms with E-state index in [2.05, 4.69) is 39.6 Å². The average molecular weight is 564 g/mol. The molecule has 2 heterocycles. The number of aromatic nitrogens is 1. The summed E-state index contributed by atoms with van der Waals surface area (Å²) in [6.45, 7) is 11.7. The number of nitrogens with zero attached hydrogens (tertiary/aromatic N) is 3. The predicted octanol–water partition coefficient (Wildman–Crippen LogP) is 4.16. The van der Waals surface area contributed by atoms with E-state index in [0.717, 1.165) is 61.1 Å². The van der Waals surface area contributed by atoms with Crippen LogP contribution in [0, 0.1) is 13.8 Å². The summed E-state index contributed by atoms with van der Waals surface area (Å²) in [7, 11) is 0. The Hall–Kier alpha value is -0.940. The molecule has 0 saturated carbocycles. The number of thiazole rings is 1. The fourth-order valence-electron chi connectivity index (χ4n) is 3.44. The lowest BCUT2D eigenvalue weighted by molar-refractivity contribution is 0.0170. The molecule has 2 N–H and O–H groups in total. The van der Waals surface area contributed by atoms with Crippen LogP contribution in [-0.4, -0.2) is 55.2 Å².